The van der Waals surface area contributed by atoms with Crippen LogP contribution in [0.5, 0.6) is 11.5 Å². The van der Waals surface area contributed by atoms with Gasteiger partial charge in [0, 0.05) is 17.8 Å². The van der Waals surface area contributed by atoms with Gasteiger partial charge in [-0.2, -0.15) is 0 Å². The van der Waals surface area contributed by atoms with Crippen LogP contribution in [0.1, 0.15) is 22.7 Å². The quantitative estimate of drug-likeness (QED) is 0.626. The van der Waals surface area contributed by atoms with E-state index in [4.69, 9.17) is 9.47 Å². The molecule has 0 atom stereocenters. The molecule has 0 saturated heterocycles. The van der Waals surface area contributed by atoms with Gasteiger partial charge in [0.1, 0.15) is 11.5 Å². The van der Waals surface area contributed by atoms with Crippen molar-refractivity contribution >= 4 is 0 Å². The molecule has 0 aliphatic heterocycles. The highest BCUT2D eigenvalue weighted by Gasteiger charge is 2.34. The third-order valence-electron chi connectivity index (χ3n) is 4.25. The van der Waals surface area contributed by atoms with Gasteiger partial charge in [-0.25, -0.2) is 0 Å². The smallest absolute Gasteiger partial charge is 0.488 e. The zero-order valence-electron chi connectivity index (χ0n) is 14.3. The monoisotopic (exact) mass is 361 g/mol. The minimum absolute atomic E-state index is 0.146. The third-order valence-corrected chi connectivity index (χ3v) is 4.25. The summed E-state index contributed by atoms with van der Waals surface area (Å²) in [7, 11) is 3.09. The highest BCUT2D eigenvalue weighted by molar-refractivity contribution is 5.44. The third kappa shape index (κ3) is 3.54. The van der Waals surface area contributed by atoms with Gasteiger partial charge in [0.2, 0.25) is 0 Å². The van der Waals surface area contributed by atoms with E-state index in [1.54, 1.807) is 62.8 Å². The molecule has 0 radical (unpaired) electrons. The minimum atomic E-state index is -4.49. The summed E-state index contributed by atoms with van der Waals surface area (Å²) in [6, 6.07) is 17.0. The molecule has 0 aliphatic carbocycles. The van der Waals surface area contributed by atoms with E-state index in [-0.39, 0.29) is 5.69 Å². The summed E-state index contributed by atoms with van der Waals surface area (Å²) in [5, 5.41) is 0. The molecule has 3 aromatic rings. The van der Waals surface area contributed by atoms with E-state index in [2.05, 4.69) is 0 Å². The molecule has 3 rings (SSSR count). The molecule has 3 nitrogen and oxygen atoms in total. The van der Waals surface area contributed by atoms with Gasteiger partial charge in [0.25, 0.3) is 0 Å². The van der Waals surface area contributed by atoms with Crippen molar-refractivity contribution in [2.45, 2.75) is 12.2 Å². The van der Waals surface area contributed by atoms with Crippen LogP contribution in [0.25, 0.3) is 0 Å². The summed E-state index contributed by atoms with van der Waals surface area (Å²) in [5.41, 5.74) is 1.62. The lowest BCUT2D eigenvalue weighted by atomic mass is 9.88. The Kier molecular flexibility index (Phi) is 4.93. The number of hydrogen-bond acceptors (Lipinski definition) is 2. The van der Waals surface area contributed by atoms with Crippen LogP contribution < -0.4 is 9.47 Å². The number of ether oxygens (including phenoxy) is 2. The van der Waals surface area contributed by atoms with Gasteiger partial charge in [-0.15, -0.1) is 13.2 Å². The fraction of sp³-hybridized carbons (Fsp3) is 0.200. The number of nitrogens with zero attached hydrogens (tertiary/aromatic N) is 1. The maximum absolute atomic E-state index is 13.4. The first-order valence-electron chi connectivity index (χ1n) is 7.96. The van der Waals surface area contributed by atoms with Crippen LogP contribution >= 0.6 is 0 Å². The predicted octanol–water partition coefficient (Wildman–Crippen LogP) is 5.16. The summed E-state index contributed by atoms with van der Waals surface area (Å²) in [6.07, 6.45) is -3.45. The molecule has 0 amide bonds. The largest absolute Gasteiger partial charge is 0.497 e. The molecular formula is C20H18F3NO2. The van der Waals surface area contributed by atoms with E-state index in [1.165, 1.54) is 12.1 Å². The summed E-state index contributed by atoms with van der Waals surface area (Å²) >= 11 is 0. The maximum atomic E-state index is 13.4. The van der Waals surface area contributed by atoms with E-state index < -0.39 is 12.2 Å². The summed E-state index contributed by atoms with van der Waals surface area (Å²) in [4.78, 5) is 0. The SMILES string of the molecule is COc1ccc(C(c2ccc(OC)cc2)c2cccn2C(F)(F)F)cc1. The Balaban J connectivity index is 2.13. The molecule has 0 fully saturated rings. The van der Waals surface area contributed by atoms with E-state index >= 15 is 0 Å². The second kappa shape index (κ2) is 7.15. The van der Waals surface area contributed by atoms with Crippen molar-refractivity contribution in [1.82, 2.24) is 4.57 Å². The van der Waals surface area contributed by atoms with Crippen LogP contribution in [0.3, 0.4) is 0 Å². The van der Waals surface area contributed by atoms with Crippen LogP contribution in [-0.2, 0) is 6.30 Å². The second-order valence-corrected chi connectivity index (χ2v) is 5.75. The molecule has 0 spiro atoms. The van der Waals surface area contributed by atoms with Crippen LogP contribution in [0.4, 0.5) is 13.2 Å². The van der Waals surface area contributed by atoms with E-state index in [9.17, 15) is 13.2 Å². The average Bonchev–Trinajstić information content (AvgIpc) is 3.13. The molecule has 0 bridgehead atoms. The molecule has 0 saturated carbocycles. The normalized spacial score (nSPS) is 11.6. The van der Waals surface area contributed by atoms with Crippen molar-refractivity contribution in [2.24, 2.45) is 0 Å². The first-order valence-corrected chi connectivity index (χ1v) is 7.96. The molecule has 0 unspecified atom stereocenters. The van der Waals surface area contributed by atoms with Gasteiger partial charge in [-0.05, 0) is 47.5 Å². The molecule has 6 heteroatoms. The number of methoxy groups -OCH3 is 2. The van der Waals surface area contributed by atoms with Gasteiger partial charge in [0.15, 0.2) is 0 Å². The Morgan fingerprint density at radius 1 is 0.769 bits per heavy atom. The topological polar surface area (TPSA) is 23.4 Å². The van der Waals surface area contributed by atoms with Crippen molar-refractivity contribution in [3.05, 3.63) is 83.7 Å². The maximum Gasteiger partial charge on any atom is 0.488 e. The number of benzene rings is 2. The standard InChI is InChI=1S/C20H18F3NO2/c1-25-16-9-5-14(6-10-16)19(15-7-11-17(26-2)12-8-15)18-4-3-13-24(18)20(21,22)23/h3-13,19H,1-2H3. The molecule has 0 aliphatic rings. The van der Waals surface area contributed by atoms with Crippen molar-refractivity contribution in [1.29, 1.82) is 0 Å². The summed E-state index contributed by atoms with van der Waals surface area (Å²) < 4.78 is 51.0. The Morgan fingerprint density at radius 2 is 1.23 bits per heavy atom. The highest BCUT2D eigenvalue weighted by Crippen LogP contribution is 2.37. The van der Waals surface area contributed by atoms with Gasteiger partial charge in [-0.3, -0.25) is 4.57 Å². The Hall–Kier alpha value is -2.89. The van der Waals surface area contributed by atoms with Crippen molar-refractivity contribution in [3.63, 3.8) is 0 Å². The summed E-state index contributed by atoms with van der Waals surface area (Å²) in [5.74, 6) is 0.713. The Morgan fingerprint density at radius 3 is 1.62 bits per heavy atom. The molecule has 0 N–H and O–H groups in total. The number of rotatable bonds is 5. The van der Waals surface area contributed by atoms with E-state index in [0.29, 0.717) is 16.1 Å². The zero-order chi connectivity index (χ0) is 18.7. The molecule has 2 aromatic carbocycles. The van der Waals surface area contributed by atoms with Crippen LogP contribution in [0, 0.1) is 0 Å². The zero-order valence-corrected chi connectivity index (χ0v) is 14.3. The lowest BCUT2D eigenvalue weighted by molar-refractivity contribution is -0.205. The lowest BCUT2D eigenvalue weighted by Crippen LogP contribution is -2.21. The summed E-state index contributed by atoms with van der Waals surface area (Å²) in [6.45, 7) is 0. The molecule has 1 aromatic heterocycles. The van der Waals surface area contributed by atoms with Gasteiger partial charge in [-0.1, -0.05) is 24.3 Å². The number of aromatic nitrogens is 1. The van der Waals surface area contributed by atoms with Gasteiger partial charge < -0.3 is 9.47 Å². The van der Waals surface area contributed by atoms with Crippen molar-refractivity contribution < 1.29 is 22.6 Å². The molecular weight excluding hydrogens is 343 g/mol. The van der Waals surface area contributed by atoms with Gasteiger partial charge in [0.05, 0.1) is 14.2 Å². The number of halogens is 3. The van der Waals surface area contributed by atoms with Crippen LogP contribution in [0.2, 0.25) is 0 Å². The fourth-order valence-corrected chi connectivity index (χ4v) is 2.99. The van der Waals surface area contributed by atoms with E-state index in [0.717, 1.165) is 17.3 Å². The number of hydrogen-bond donors (Lipinski definition) is 0. The molecule has 26 heavy (non-hydrogen) atoms. The second-order valence-electron chi connectivity index (χ2n) is 5.75. The first-order chi connectivity index (χ1) is 12.4. The Labute approximate surface area is 149 Å². The Bertz CT molecular complexity index is 805. The van der Waals surface area contributed by atoms with Crippen LogP contribution in [0.15, 0.2) is 66.9 Å². The first kappa shape index (κ1) is 17.9. The average molecular weight is 361 g/mol. The molecule has 1 heterocycles. The van der Waals surface area contributed by atoms with Crippen molar-refractivity contribution in [3.8, 4) is 11.5 Å². The van der Waals surface area contributed by atoms with Crippen LogP contribution in [-0.4, -0.2) is 18.8 Å². The minimum Gasteiger partial charge on any atom is -0.497 e. The molecule has 136 valence electrons. The van der Waals surface area contributed by atoms with E-state index in [1.807, 2.05) is 0 Å². The predicted molar refractivity (Wildman–Crippen MR) is 92.7 cm³/mol. The number of alkyl halides is 3. The fourth-order valence-electron chi connectivity index (χ4n) is 2.99. The van der Waals surface area contributed by atoms with Crippen molar-refractivity contribution in [2.75, 3.05) is 14.2 Å². The lowest BCUT2D eigenvalue weighted by Gasteiger charge is -2.22. The van der Waals surface area contributed by atoms with Gasteiger partial charge >= 0.3 is 6.30 Å². The highest BCUT2D eigenvalue weighted by atomic mass is 19.4.